The molecule has 1 saturated heterocycles. The first kappa shape index (κ1) is 11.0. The van der Waals surface area contributed by atoms with Crippen molar-refractivity contribution in [1.82, 2.24) is 9.97 Å². The normalized spacial score (nSPS) is 19.6. The van der Waals surface area contributed by atoms with E-state index in [1.165, 1.54) is 6.33 Å². The lowest BCUT2D eigenvalue weighted by Crippen LogP contribution is -2.39. The number of hydrogen-bond acceptors (Lipinski definition) is 4. The van der Waals surface area contributed by atoms with Crippen LogP contribution in [-0.4, -0.2) is 36.0 Å². The van der Waals surface area contributed by atoms with Crippen molar-refractivity contribution in [2.75, 3.05) is 30.4 Å². The van der Waals surface area contributed by atoms with E-state index in [2.05, 4.69) is 15.3 Å². The zero-order valence-electron chi connectivity index (χ0n) is 9.08. The fourth-order valence-electron chi connectivity index (χ4n) is 1.72. The Labute approximate surface area is 92.7 Å². The van der Waals surface area contributed by atoms with Crippen LogP contribution in [0.2, 0.25) is 0 Å². The average Bonchev–Trinajstić information content (AvgIpc) is 2.29. The molecule has 1 aromatic heterocycles. The van der Waals surface area contributed by atoms with E-state index in [-0.39, 0.29) is 12.8 Å². The van der Waals surface area contributed by atoms with Crippen molar-refractivity contribution >= 4 is 11.6 Å². The molecule has 0 aliphatic carbocycles. The van der Waals surface area contributed by atoms with Gasteiger partial charge >= 0.3 is 0 Å². The topological polar surface area (TPSA) is 41.0 Å². The first-order valence-electron chi connectivity index (χ1n) is 5.23. The number of hydrogen-bond donors (Lipinski definition) is 1. The number of aromatic nitrogens is 2. The molecule has 1 aromatic rings. The smallest absolute Gasteiger partial charge is 0.251 e. The second kappa shape index (κ2) is 4.19. The summed E-state index contributed by atoms with van der Waals surface area (Å²) in [5.41, 5.74) is 0. The molecule has 1 aliphatic heterocycles. The third-order valence-electron chi connectivity index (χ3n) is 2.73. The maximum atomic E-state index is 13.0. The van der Waals surface area contributed by atoms with Crippen molar-refractivity contribution in [3.05, 3.63) is 12.4 Å². The molecule has 0 saturated carbocycles. The van der Waals surface area contributed by atoms with Crippen LogP contribution in [-0.2, 0) is 0 Å². The Hall–Kier alpha value is -1.46. The maximum Gasteiger partial charge on any atom is 0.251 e. The monoisotopic (exact) mass is 228 g/mol. The van der Waals surface area contributed by atoms with E-state index in [9.17, 15) is 8.78 Å². The van der Waals surface area contributed by atoms with Gasteiger partial charge in [-0.25, -0.2) is 18.7 Å². The van der Waals surface area contributed by atoms with Crippen molar-refractivity contribution < 1.29 is 8.78 Å². The lowest BCUT2D eigenvalue weighted by Gasteiger charge is -2.32. The molecule has 0 spiro atoms. The Morgan fingerprint density at radius 1 is 1.31 bits per heavy atom. The summed E-state index contributed by atoms with van der Waals surface area (Å²) in [6.07, 6.45) is 1.23. The molecule has 4 nitrogen and oxygen atoms in total. The van der Waals surface area contributed by atoms with Gasteiger partial charge < -0.3 is 10.2 Å². The predicted molar refractivity (Wildman–Crippen MR) is 58.0 cm³/mol. The molecule has 1 N–H and O–H groups in total. The Morgan fingerprint density at radius 3 is 2.62 bits per heavy atom. The lowest BCUT2D eigenvalue weighted by molar-refractivity contribution is -0.0221. The standard InChI is InChI=1S/C10H14F2N4/c1-13-8-6-9(15-7-14-8)16-4-2-10(11,12)3-5-16/h6-7H,2-5H2,1H3,(H,13,14,15). The quantitative estimate of drug-likeness (QED) is 0.837. The van der Waals surface area contributed by atoms with Crippen molar-refractivity contribution in [3.8, 4) is 0 Å². The molecule has 2 rings (SSSR count). The second-order valence-corrected chi connectivity index (χ2v) is 3.85. The van der Waals surface area contributed by atoms with E-state index in [1.54, 1.807) is 13.1 Å². The number of piperidine rings is 1. The van der Waals surface area contributed by atoms with Gasteiger partial charge in [0.1, 0.15) is 18.0 Å². The van der Waals surface area contributed by atoms with Gasteiger partial charge in [0.05, 0.1) is 0 Å². The van der Waals surface area contributed by atoms with Crippen LogP contribution in [0.25, 0.3) is 0 Å². The van der Waals surface area contributed by atoms with E-state index in [4.69, 9.17) is 0 Å². The second-order valence-electron chi connectivity index (χ2n) is 3.85. The molecule has 0 amide bonds. The molecule has 2 heterocycles. The summed E-state index contributed by atoms with van der Waals surface area (Å²) in [5.74, 6) is -1.12. The Balaban J connectivity index is 2.08. The van der Waals surface area contributed by atoms with Gasteiger partial charge in [-0.3, -0.25) is 0 Å². The van der Waals surface area contributed by atoms with Gasteiger partial charge in [-0.05, 0) is 0 Å². The Bertz CT molecular complexity index is 360. The Kier molecular flexibility index (Phi) is 2.89. The highest BCUT2D eigenvalue weighted by Crippen LogP contribution is 2.29. The van der Waals surface area contributed by atoms with Gasteiger partial charge in [-0.1, -0.05) is 0 Å². The summed E-state index contributed by atoms with van der Waals surface area (Å²) in [6.45, 7) is 0.681. The van der Waals surface area contributed by atoms with E-state index < -0.39 is 5.92 Å². The summed E-state index contributed by atoms with van der Waals surface area (Å²) < 4.78 is 25.9. The molecule has 16 heavy (non-hydrogen) atoms. The van der Waals surface area contributed by atoms with Crippen LogP contribution in [0.1, 0.15) is 12.8 Å². The Morgan fingerprint density at radius 2 is 2.00 bits per heavy atom. The van der Waals surface area contributed by atoms with E-state index in [1.807, 2.05) is 4.90 Å². The minimum absolute atomic E-state index is 0.105. The third-order valence-corrected chi connectivity index (χ3v) is 2.73. The summed E-state index contributed by atoms with van der Waals surface area (Å²) in [5, 5.41) is 2.90. The first-order valence-corrected chi connectivity index (χ1v) is 5.23. The van der Waals surface area contributed by atoms with Gasteiger partial charge in [0.25, 0.3) is 5.92 Å². The summed E-state index contributed by atoms with van der Waals surface area (Å²) in [7, 11) is 1.76. The van der Waals surface area contributed by atoms with E-state index in [0.717, 1.165) is 0 Å². The lowest BCUT2D eigenvalue weighted by atomic mass is 10.1. The fourth-order valence-corrected chi connectivity index (χ4v) is 1.72. The van der Waals surface area contributed by atoms with Gasteiger partial charge in [-0.15, -0.1) is 0 Å². The highest BCUT2D eigenvalue weighted by Gasteiger charge is 2.34. The minimum Gasteiger partial charge on any atom is -0.373 e. The van der Waals surface area contributed by atoms with Crippen LogP contribution in [0.5, 0.6) is 0 Å². The van der Waals surface area contributed by atoms with E-state index >= 15 is 0 Å². The molecule has 88 valence electrons. The zero-order chi connectivity index (χ0) is 11.6. The summed E-state index contributed by atoms with van der Waals surface area (Å²) >= 11 is 0. The van der Waals surface area contributed by atoms with Crippen LogP contribution >= 0.6 is 0 Å². The van der Waals surface area contributed by atoms with Gasteiger partial charge in [0.15, 0.2) is 0 Å². The number of rotatable bonds is 2. The van der Waals surface area contributed by atoms with Crippen LogP contribution in [0.15, 0.2) is 12.4 Å². The SMILES string of the molecule is CNc1cc(N2CCC(F)(F)CC2)ncn1. The molecule has 1 fully saturated rings. The molecule has 0 aromatic carbocycles. The largest absolute Gasteiger partial charge is 0.373 e. The van der Waals surface area contributed by atoms with Crippen LogP contribution < -0.4 is 10.2 Å². The number of halogens is 2. The molecule has 6 heteroatoms. The molecule has 0 bridgehead atoms. The van der Waals surface area contributed by atoms with Crippen molar-refractivity contribution in [3.63, 3.8) is 0 Å². The van der Waals surface area contributed by atoms with Gasteiger partial charge in [0, 0.05) is 39.0 Å². The molecular weight excluding hydrogens is 214 g/mol. The average molecular weight is 228 g/mol. The number of nitrogens with one attached hydrogen (secondary N) is 1. The van der Waals surface area contributed by atoms with Crippen molar-refractivity contribution in [2.45, 2.75) is 18.8 Å². The molecule has 1 aliphatic rings. The maximum absolute atomic E-state index is 13.0. The minimum atomic E-state index is -2.52. The van der Waals surface area contributed by atoms with Gasteiger partial charge in [0.2, 0.25) is 0 Å². The first-order chi connectivity index (χ1) is 7.61. The van der Waals surface area contributed by atoms with Crippen LogP contribution in [0.4, 0.5) is 20.4 Å². The predicted octanol–water partition coefficient (Wildman–Crippen LogP) is 1.75. The van der Waals surface area contributed by atoms with Crippen molar-refractivity contribution in [1.29, 1.82) is 0 Å². The molecule has 0 atom stereocenters. The highest BCUT2D eigenvalue weighted by atomic mass is 19.3. The number of alkyl halides is 2. The third kappa shape index (κ3) is 2.37. The molecule has 0 radical (unpaired) electrons. The highest BCUT2D eigenvalue weighted by molar-refractivity contribution is 5.48. The zero-order valence-corrected chi connectivity index (χ0v) is 9.08. The fraction of sp³-hybridized carbons (Fsp3) is 0.600. The molecular formula is C10H14F2N4. The van der Waals surface area contributed by atoms with Gasteiger partial charge in [-0.2, -0.15) is 0 Å². The van der Waals surface area contributed by atoms with Crippen LogP contribution in [0, 0.1) is 0 Å². The van der Waals surface area contributed by atoms with E-state index in [0.29, 0.717) is 24.7 Å². The van der Waals surface area contributed by atoms with Crippen LogP contribution in [0.3, 0.4) is 0 Å². The number of anilines is 2. The summed E-state index contributed by atoms with van der Waals surface area (Å²) in [4.78, 5) is 9.93. The number of nitrogens with zero attached hydrogens (tertiary/aromatic N) is 3. The van der Waals surface area contributed by atoms with Crippen molar-refractivity contribution in [2.24, 2.45) is 0 Å². The molecule has 0 unspecified atom stereocenters. The summed E-state index contributed by atoms with van der Waals surface area (Å²) in [6, 6.07) is 1.77.